The van der Waals surface area contributed by atoms with Gasteiger partial charge in [0.1, 0.15) is 11.7 Å². The molecule has 2 aliphatic heterocycles. The zero-order valence-electron chi connectivity index (χ0n) is 12.2. The molecule has 2 aliphatic rings. The Kier molecular flexibility index (Phi) is 3.92. The van der Waals surface area contributed by atoms with E-state index in [0.717, 1.165) is 25.9 Å². The molecule has 3 heterocycles. The molecule has 7 nitrogen and oxygen atoms in total. The second kappa shape index (κ2) is 5.85. The molecule has 2 atom stereocenters. The summed E-state index contributed by atoms with van der Waals surface area (Å²) in [5.41, 5.74) is 0.419. The molecule has 0 spiro atoms. The van der Waals surface area contributed by atoms with E-state index in [4.69, 9.17) is 0 Å². The molecule has 0 radical (unpaired) electrons. The average molecular weight is 291 g/mol. The van der Waals surface area contributed by atoms with Crippen molar-refractivity contribution in [2.24, 2.45) is 0 Å². The van der Waals surface area contributed by atoms with Crippen molar-refractivity contribution in [3.05, 3.63) is 18.0 Å². The van der Waals surface area contributed by atoms with Crippen LogP contribution in [0.2, 0.25) is 0 Å². The fourth-order valence-corrected chi connectivity index (χ4v) is 2.92. The minimum Gasteiger partial charge on any atom is -0.353 e. The van der Waals surface area contributed by atoms with Gasteiger partial charge in [-0.1, -0.05) is 0 Å². The quantitative estimate of drug-likeness (QED) is 0.789. The number of nitrogens with zero attached hydrogens (tertiary/aromatic N) is 3. The number of nitrogens with one attached hydrogen (secondary N) is 2. The number of piperidine rings is 1. The van der Waals surface area contributed by atoms with Crippen LogP contribution in [-0.2, 0) is 4.79 Å². The van der Waals surface area contributed by atoms with Gasteiger partial charge in [0.05, 0.1) is 6.04 Å². The number of amides is 2. The Bertz CT molecular complexity index is 535. The van der Waals surface area contributed by atoms with Crippen LogP contribution >= 0.6 is 0 Å². The normalized spacial score (nSPS) is 26.5. The van der Waals surface area contributed by atoms with Crippen LogP contribution in [0.5, 0.6) is 0 Å². The Morgan fingerprint density at radius 3 is 3.05 bits per heavy atom. The lowest BCUT2D eigenvalue weighted by molar-refractivity contribution is -0.127. The summed E-state index contributed by atoms with van der Waals surface area (Å²) in [4.78, 5) is 25.7. The highest BCUT2D eigenvalue weighted by Gasteiger charge is 2.31. The van der Waals surface area contributed by atoms with Gasteiger partial charge in [0.15, 0.2) is 0 Å². The van der Waals surface area contributed by atoms with Crippen LogP contribution in [0, 0.1) is 0 Å². The summed E-state index contributed by atoms with van der Waals surface area (Å²) in [6.07, 6.45) is 4.06. The van der Waals surface area contributed by atoms with E-state index in [-0.39, 0.29) is 11.8 Å². The summed E-state index contributed by atoms with van der Waals surface area (Å²) in [5, 5.41) is 10.5. The first-order valence-corrected chi connectivity index (χ1v) is 7.51. The van der Waals surface area contributed by atoms with Crippen LogP contribution in [0.4, 0.5) is 0 Å². The van der Waals surface area contributed by atoms with Crippen molar-refractivity contribution >= 4 is 11.8 Å². The smallest absolute Gasteiger partial charge is 0.275 e. The molecule has 2 amide bonds. The van der Waals surface area contributed by atoms with E-state index in [2.05, 4.69) is 15.7 Å². The Morgan fingerprint density at radius 2 is 2.29 bits per heavy atom. The monoisotopic (exact) mass is 291 g/mol. The first-order chi connectivity index (χ1) is 10.2. The first kappa shape index (κ1) is 14.1. The van der Waals surface area contributed by atoms with Crippen LogP contribution < -0.4 is 10.6 Å². The molecule has 2 N–H and O–H groups in total. The molecule has 1 aromatic rings. The third kappa shape index (κ3) is 2.78. The minimum atomic E-state index is -0.437. The summed E-state index contributed by atoms with van der Waals surface area (Å²) in [7, 11) is 0. The zero-order chi connectivity index (χ0) is 14.8. The molecule has 2 fully saturated rings. The number of hydrogen-bond acceptors (Lipinski definition) is 4. The molecular formula is C14H21N5O2. The van der Waals surface area contributed by atoms with E-state index in [9.17, 15) is 9.59 Å². The second-order valence-corrected chi connectivity index (χ2v) is 5.65. The molecule has 21 heavy (non-hydrogen) atoms. The number of rotatable bonds is 2. The summed E-state index contributed by atoms with van der Waals surface area (Å²) < 4.78 is 1.87. The van der Waals surface area contributed by atoms with Crippen LogP contribution in [0.25, 0.3) is 0 Å². The molecule has 2 saturated heterocycles. The van der Waals surface area contributed by atoms with Gasteiger partial charge in [-0.25, -0.2) is 0 Å². The van der Waals surface area contributed by atoms with E-state index in [1.54, 1.807) is 17.9 Å². The lowest BCUT2D eigenvalue weighted by Gasteiger charge is -2.32. The highest BCUT2D eigenvalue weighted by Crippen LogP contribution is 2.17. The van der Waals surface area contributed by atoms with E-state index >= 15 is 0 Å². The molecular weight excluding hydrogens is 270 g/mol. The van der Waals surface area contributed by atoms with E-state index in [0.29, 0.717) is 24.8 Å². The lowest BCUT2D eigenvalue weighted by Crippen LogP contribution is -2.55. The Hall–Kier alpha value is -1.89. The summed E-state index contributed by atoms with van der Waals surface area (Å²) in [6, 6.07) is 1.62. The van der Waals surface area contributed by atoms with Gasteiger partial charge >= 0.3 is 0 Å². The molecule has 1 aromatic heterocycles. The predicted molar refractivity (Wildman–Crippen MR) is 76.9 cm³/mol. The fourth-order valence-electron chi connectivity index (χ4n) is 2.92. The summed E-state index contributed by atoms with van der Waals surface area (Å²) >= 11 is 0. The largest absolute Gasteiger partial charge is 0.353 e. The lowest BCUT2D eigenvalue weighted by atomic mass is 10.1. The van der Waals surface area contributed by atoms with Gasteiger partial charge in [-0.2, -0.15) is 5.10 Å². The Morgan fingerprint density at radius 1 is 1.43 bits per heavy atom. The number of piperazine rings is 1. The zero-order valence-corrected chi connectivity index (χ0v) is 12.2. The van der Waals surface area contributed by atoms with Gasteiger partial charge in [-0.05, 0) is 32.4 Å². The maximum Gasteiger partial charge on any atom is 0.275 e. The molecule has 0 aromatic carbocycles. The highest BCUT2D eigenvalue weighted by molar-refractivity contribution is 5.96. The maximum absolute atomic E-state index is 12.5. The molecule has 2 unspecified atom stereocenters. The van der Waals surface area contributed by atoms with Crippen LogP contribution in [0.3, 0.4) is 0 Å². The minimum absolute atomic E-state index is 0.106. The molecule has 0 bridgehead atoms. The number of carbonyl (C=O) groups excluding carboxylic acids is 2. The first-order valence-electron chi connectivity index (χ1n) is 7.51. The second-order valence-electron chi connectivity index (χ2n) is 5.65. The van der Waals surface area contributed by atoms with Crippen molar-refractivity contribution in [2.45, 2.75) is 31.8 Å². The summed E-state index contributed by atoms with van der Waals surface area (Å²) in [6.45, 7) is 4.71. The number of carbonyl (C=O) groups is 2. The van der Waals surface area contributed by atoms with E-state index in [1.165, 1.54) is 0 Å². The van der Waals surface area contributed by atoms with Gasteiger partial charge in [-0.3, -0.25) is 14.3 Å². The SMILES string of the molecule is CC1C(=O)NCCN1C(=O)c1ccn(C2CCCNC2)n1. The summed E-state index contributed by atoms with van der Waals surface area (Å²) in [5.74, 6) is -0.273. The van der Waals surface area contributed by atoms with Gasteiger partial charge in [0, 0.05) is 25.8 Å². The standard InChI is InChI=1S/C14H21N5O2/c1-10-13(20)16-6-8-18(10)14(21)12-4-7-19(17-12)11-3-2-5-15-9-11/h4,7,10-11,15H,2-3,5-6,8-9H2,1H3,(H,16,20). The fraction of sp³-hybridized carbons (Fsp3) is 0.643. The predicted octanol–water partition coefficient (Wildman–Crippen LogP) is -0.232. The van der Waals surface area contributed by atoms with Crippen LogP contribution in [0.1, 0.15) is 36.3 Å². The molecule has 114 valence electrons. The highest BCUT2D eigenvalue weighted by atomic mass is 16.2. The topological polar surface area (TPSA) is 79.3 Å². The van der Waals surface area contributed by atoms with Crippen molar-refractivity contribution < 1.29 is 9.59 Å². The van der Waals surface area contributed by atoms with Crippen molar-refractivity contribution in [1.29, 1.82) is 0 Å². The van der Waals surface area contributed by atoms with Gasteiger partial charge in [0.25, 0.3) is 5.91 Å². The Labute approximate surface area is 123 Å². The third-order valence-corrected chi connectivity index (χ3v) is 4.23. The van der Waals surface area contributed by atoms with Crippen molar-refractivity contribution in [3.8, 4) is 0 Å². The van der Waals surface area contributed by atoms with Crippen LogP contribution in [-0.4, -0.2) is 58.7 Å². The van der Waals surface area contributed by atoms with Crippen molar-refractivity contribution in [1.82, 2.24) is 25.3 Å². The number of aromatic nitrogens is 2. The van der Waals surface area contributed by atoms with Gasteiger partial charge in [0.2, 0.25) is 5.91 Å². The third-order valence-electron chi connectivity index (χ3n) is 4.23. The van der Waals surface area contributed by atoms with Gasteiger partial charge in [-0.15, -0.1) is 0 Å². The van der Waals surface area contributed by atoms with E-state index in [1.807, 2.05) is 10.9 Å². The number of hydrogen-bond donors (Lipinski definition) is 2. The van der Waals surface area contributed by atoms with Crippen LogP contribution in [0.15, 0.2) is 12.3 Å². The Balaban J connectivity index is 1.73. The molecule has 7 heteroatoms. The van der Waals surface area contributed by atoms with Crippen molar-refractivity contribution in [3.63, 3.8) is 0 Å². The van der Waals surface area contributed by atoms with E-state index < -0.39 is 6.04 Å². The van der Waals surface area contributed by atoms with Crippen molar-refractivity contribution in [2.75, 3.05) is 26.2 Å². The maximum atomic E-state index is 12.5. The molecule has 0 aliphatic carbocycles. The molecule has 0 saturated carbocycles. The average Bonchev–Trinajstić information content (AvgIpc) is 3.00. The molecule has 3 rings (SSSR count). The van der Waals surface area contributed by atoms with Gasteiger partial charge < -0.3 is 15.5 Å².